The molecular formula is C6H8N2OS. The maximum atomic E-state index is 11.1. The fourth-order valence-electron chi connectivity index (χ4n) is 0.569. The van der Waals surface area contributed by atoms with Crippen LogP contribution in [-0.4, -0.2) is 14.5 Å². The van der Waals surface area contributed by atoms with Gasteiger partial charge in [-0.2, -0.15) is 8.75 Å². The first-order chi connectivity index (χ1) is 4.72. The smallest absolute Gasteiger partial charge is 0.186 e. The van der Waals surface area contributed by atoms with Crippen LogP contribution in [0.4, 0.5) is 0 Å². The topological polar surface area (TPSA) is 42.9 Å². The third-order valence-electron chi connectivity index (χ3n) is 1.14. The fourth-order valence-corrected chi connectivity index (χ4v) is 0.988. The number of carbonyl (C=O) groups excluding carboxylic acids is 1. The van der Waals surface area contributed by atoms with Crippen molar-refractivity contribution in [1.82, 2.24) is 8.75 Å². The monoisotopic (exact) mass is 156 g/mol. The quantitative estimate of drug-likeness (QED) is 0.607. The molecule has 0 amide bonds. The fraction of sp³-hybridized carbons (Fsp3) is 0.500. The zero-order valence-electron chi connectivity index (χ0n) is 5.87. The maximum Gasteiger partial charge on any atom is 0.186 e. The minimum atomic E-state index is 0.0175. The van der Waals surface area contributed by atoms with Crippen molar-refractivity contribution in [2.75, 3.05) is 0 Å². The van der Waals surface area contributed by atoms with E-state index < -0.39 is 0 Å². The third kappa shape index (κ3) is 1.39. The van der Waals surface area contributed by atoms with Gasteiger partial charge in [0.05, 0.1) is 17.9 Å². The molecule has 4 heteroatoms. The summed E-state index contributed by atoms with van der Waals surface area (Å²) in [6, 6.07) is 0. The number of Topliss-reactive ketones (excluding diaryl/α,β-unsaturated/α-hetero) is 1. The van der Waals surface area contributed by atoms with Gasteiger partial charge in [-0.25, -0.2) is 0 Å². The lowest BCUT2D eigenvalue weighted by molar-refractivity contribution is 0.0935. The highest BCUT2D eigenvalue weighted by Gasteiger charge is 2.11. The minimum absolute atomic E-state index is 0.0175. The van der Waals surface area contributed by atoms with E-state index in [0.29, 0.717) is 5.69 Å². The van der Waals surface area contributed by atoms with Crippen molar-refractivity contribution in [2.45, 2.75) is 13.8 Å². The second kappa shape index (κ2) is 2.88. The van der Waals surface area contributed by atoms with Gasteiger partial charge in [0.25, 0.3) is 0 Å². The van der Waals surface area contributed by atoms with Crippen LogP contribution in [0.1, 0.15) is 24.3 Å². The summed E-state index contributed by atoms with van der Waals surface area (Å²) in [4.78, 5) is 11.1. The van der Waals surface area contributed by atoms with Crippen LogP contribution in [0.5, 0.6) is 0 Å². The van der Waals surface area contributed by atoms with E-state index in [4.69, 9.17) is 0 Å². The van der Waals surface area contributed by atoms with Crippen molar-refractivity contribution in [1.29, 1.82) is 0 Å². The van der Waals surface area contributed by atoms with Crippen LogP contribution in [0.15, 0.2) is 6.20 Å². The standard InChI is InChI=1S/C6H8N2OS/c1-4(2)6(9)5-3-7-10-8-5/h3-4H,1-2H3. The van der Waals surface area contributed by atoms with Gasteiger partial charge in [-0.3, -0.25) is 4.79 Å². The Morgan fingerprint density at radius 3 is 2.80 bits per heavy atom. The molecule has 0 saturated heterocycles. The number of ketones is 1. The van der Waals surface area contributed by atoms with Crippen LogP contribution < -0.4 is 0 Å². The Labute approximate surface area is 63.4 Å². The summed E-state index contributed by atoms with van der Waals surface area (Å²) in [5, 5.41) is 0. The van der Waals surface area contributed by atoms with Crippen molar-refractivity contribution in [3.05, 3.63) is 11.9 Å². The molecule has 1 aromatic heterocycles. The molecule has 3 nitrogen and oxygen atoms in total. The summed E-state index contributed by atoms with van der Waals surface area (Å²) in [7, 11) is 0. The van der Waals surface area contributed by atoms with Gasteiger partial charge in [-0.05, 0) is 0 Å². The molecule has 0 saturated carbocycles. The number of aromatic nitrogens is 2. The van der Waals surface area contributed by atoms with E-state index >= 15 is 0 Å². The first-order valence-electron chi connectivity index (χ1n) is 3.03. The Morgan fingerprint density at radius 1 is 1.70 bits per heavy atom. The number of carbonyl (C=O) groups is 1. The van der Waals surface area contributed by atoms with Gasteiger partial charge in [0.2, 0.25) is 0 Å². The molecule has 0 aliphatic carbocycles. The van der Waals surface area contributed by atoms with E-state index in [1.54, 1.807) is 0 Å². The molecule has 0 aliphatic heterocycles. The second-order valence-corrected chi connectivity index (χ2v) is 2.87. The summed E-state index contributed by atoms with van der Waals surface area (Å²) >= 11 is 1.06. The van der Waals surface area contributed by atoms with Gasteiger partial charge in [-0.15, -0.1) is 0 Å². The zero-order chi connectivity index (χ0) is 7.56. The lowest BCUT2D eigenvalue weighted by Gasteiger charge is -1.96. The summed E-state index contributed by atoms with van der Waals surface area (Å²) in [5.74, 6) is 0.0812. The Balaban J connectivity index is 2.78. The molecule has 0 atom stereocenters. The molecule has 0 unspecified atom stereocenters. The first kappa shape index (κ1) is 7.34. The predicted molar refractivity (Wildman–Crippen MR) is 39.1 cm³/mol. The Morgan fingerprint density at radius 2 is 2.40 bits per heavy atom. The van der Waals surface area contributed by atoms with Gasteiger partial charge >= 0.3 is 0 Å². The predicted octanol–water partition coefficient (Wildman–Crippen LogP) is 1.38. The van der Waals surface area contributed by atoms with Crippen LogP contribution in [0.2, 0.25) is 0 Å². The average Bonchev–Trinajstić information content (AvgIpc) is 2.36. The molecule has 1 aromatic rings. The summed E-state index contributed by atoms with van der Waals surface area (Å²) in [5.41, 5.74) is 0.486. The molecule has 0 aromatic carbocycles. The second-order valence-electron chi connectivity index (χ2n) is 2.31. The Kier molecular flexibility index (Phi) is 2.11. The molecule has 54 valence electrons. The van der Waals surface area contributed by atoms with Crippen LogP contribution >= 0.6 is 11.7 Å². The minimum Gasteiger partial charge on any atom is -0.292 e. The van der Waals surface area contributed by atoms with E-state index in [9.17, 15) is 4.79 Å². The van der Waals surface area contributed by atoms with Crippen LogP contribution in [0.25, 0.3) is 0 Å². The molecule has 0 radical (unpaired) electrons. The first-order valence-corrected chi connectivity index (χ1v) is 3.76. The summed E-state index contributed by atoms with van der Waals surface area (Å²) in [6.45, 7) is 3.70. The van der Waals surface area contributed by atoms with Crippen molar-refractivity contribution in [3.8, 4) is 0 Å². The van der Waals surface area contributed by atoms with Crippen molar-refractivity contribution in [2.24, 2.45) is 5.92 Å². The number of hydrogen-bond acceptors (Lipinski definition) is 4. The van der Waals surface area contributed by atoms with Gasteiger partial charge in [0.15, 0.2) is 5.78 Å². The van der Waals surface area contributed by atoms with Gasteiger partial charge in [0.1, 0.15) is 5.69 Å². The molecule has 0 bridgehead atoms. The van der Waals surface area contributed by atoms with Gasteiger partial charge < -0.3 is 0 Å². The summed E-state index contributed by atoms with van der Waals surface area (Å²) < 4.78 is 7.55. The molecular weight excluding hydrogens is 148 g/mol. The highest BCUT2D eigenvalue weighted by molar-refractivity contribution is 6.99. The molecule has 0 fully saturated rings. The van der Waals surface area contributed by atoms with Crippen molar-refractivity contribution < 1.29 is 4.79 Å². The van der Waals surface area contributed by atoms with Crippen LogP contribution in [0.3, 0.4) is 0 Å². The third-order valence-corrected chi connectivity index (χ3v) is 1.62. The highest BCUT2D eigenvalue weighted by Crippen LogP contribution is 2.04. The van der Waals surface area contributed by atoms with E-state index in [1.807, 2.05) is 13.8 Å². The lowest BCUT2D eigenvalue weighted by atomic mass is 10.1. The van der Waals surface area contributed by atoms with E-state index in [1.165, 1.54) is 6.20 Å². The number of hydrogen-bond donors (Lipinski definition) is 0. The molecule has 0 N–H and O–H groups in total. The SMILES string of the molecule is CC(C)C(=O)c1cnsn1. The van der Waals surface area contributed by atoms with Crippen LogP contribution in [-0.2, 0) is 0 Å². The molecule has 0 aliphatic rings. The zero-order valence-corrected chi connectivity index (χ0v) is 6.68. The molecule has 10 heavy (non-hydrogen) atoms. The number of nitrogens with zero attached hydrogens (tertiary/aromatic N) is 2. The van der Waals surface area contributed by atoms with Crippen molar-refractivity contribution >= 4 is 17.5 Å². The van der Waals surface area contributed by atoms with E-state index in [-0.39, 0.29) is 11.7 Å². The Bertz CT molecular complexity index is 218. The van der Waals surface area contributed by atoms with E-state index in [0.717, 1.165) is 11.7 Å². The molecule has 1 heterocycles. The van der Waals surface area contributed by atoms with Crippen LogP contribution in [0, 0.1) is 5.92 Å². The van der Waals surface area contributed by atoms with Gasteiger partial charge in [-0.1, -0.05) is 13.8 Å². The highest BCUT2D eigenvalue weighted by atomic mass is 32.1. The van der Waals surface area contributed by atoms with E-state index in [2.05, 4.69) is 8.75 Å². The number of rotatable bonds is 2. The molecule has 1 rings (SSSR count). The maximum absolute atomic E-state index is 11.1. The average molecular weight is 156 g/mol. The lowest BCUT2D eigenvalue weighted by Crippen LogP contribution is -2.07. The summed E-state index contributed by atoms with van der Waals surface area (Å²) in [6.07, 6.45) is 1.51. The molecule has 0 spiro atoms. The normalized spacial score (nSPS) is 10.3. The van der Waals surface area contributed by atoms with Crippen molar-refractivity contribution in [3.63, 3.8) is 0 Å². The largest absolute Gasteiger partial charge is 0.292 e. The van der Waals surface area contributed by atoms with Gasteiger partial charge in [0, 0.05) is 5.92 Å². The Hall–Kier alpha value is -0.770.